The maximum absolute atomic E-state index is 4.13. The highest BCUT2D eigenvalue weighted by Gasteiger charge is 2.21. The van der Waals surface area contributed by atoms with Crippen molar-refractivity contribution < 1.29 is 0 Å². The normalized spacial score (nSPS) is 15.3. The fraction of sp³-hybridized carbons (Fsp3) is 0.294. The van der Waals surface area contributed by atoms with Gasteiger partial charge >= 0.3 is 0 Å². The zero-order valence-electron chi connectivity index (χ0n) is 11.3. The molecule has 0 bridgehead atoms. The third-order valence-electron chi connectivity index (χ3n) is 3.38. The third-order valence-corrected chi connectivity index (χ3v) is 3.38. The van der Waals surface area contributed by atoms with Gasteiger partial charge in [-0.25, -0.2) is 0 Å². The van der Waals surface area contributed by atoms with Crippen LogP contribution in [-0.4, -0.2) is 6.04 Å². The maximum atomic E-state index is 4.13. The van der Waals surface area contributed by atoms with Crippen LogP contribution in [0.3, 0.4) is 0 Å². The van der Waals surface area contributed by atoms with Crippen molar-refractivity contribution >= 4 is 11.3 Å². The van der Waals surface area contributed by atoms with Gasteiger partial charge in [0.05, 0.1) is 0 Å². The van der Waals surface area contributed by atoms with Crippen LogP contribution in [0, 0.1) is 6.92 Å². The Hall–Kier alpha value is -1.76. The zero-order valence-corrected chi connectivity index (χ0v) is 11.3. The Morgan fingerprint density at radius 3 is 2.67 bits per heavy atom. The molecule has 1 aliphatic rings. The van der Waals surface area contributed by atoms with Crippen molar-refractivity contribution in [1.29, 1.82) is 0 Å². The fourth-order valence-electron chi connectivity index (χ4n) is 2.06. The summed E-state index contributed by atoms with van der Waals surface area (Å²) in [6, 6.07) is 7.12. The van der Waals surface area contributed by atoms with E-state index in [4.69, 9.17) is 0 Å². The van der Waals surface area contributed by atoms with Crippen molar-refractivity contribution in [1.82, 2.24) is 5.32 Å². The lowest BCUT2D eigenvalue weighted by Crippen LogP contribution is -2.13. The third kappa shape index (κ3) is 2.73. The Bertz CT molecular complexity index is 504. The molecule has 2 rings (SSSR count). The Labute approximate surface area is 110 Å². The lowest BCUT2D eigenvalue weighted by atomic mass is 9.97. The molecule has 0 aromatic heterocycles. The number of hydrogen-bond donors (Lipinski definition) is 1. The first kappa shape index (κ1) is 12.7. The molecule has 0 saturated heterocycles. The Balaban J connectivity index is 2.30. The lowest BCUT2D eigenvalue weighted by molar-refractivity contribution is 0.884. The van der Waals surface area contributed by atoms with Gasteiger partial charge in [-0.15, -0.1) is 0 Å². The molecular weight excluding hydrogens is 218 g/mol. The molecule has 0 unspecified atom stereocenters. The van der Waals surface area contributed by atoms with Gasteiger partial charge in [-0.2, -0.15) is 0 Å². The average molecular weight is 239 g/mol. The summed E-state index contributed by atoms with van der Waals surface area (Å²) >= 11 is 0. The van der Waals surface area contributed by atoms with Gasteiger partial charge in [0, 0.05) is 11.7 Å². The van der Waals surface area contributed by atoms with Crippen molar-refractivity contribution in [3.63, 3.8) is 0 Å². The molecule has 0 heterocycles. The molecule has 1 saturated carbocycles. The summed E-state index contributed by atoms with van der Waals surface area (Å²) in [6.45, 7) is 12.2. The fourth-order valence-corrected chi connectivity index (χ4v) is 2.06. The van der Waals surface area contributed by atoms with E-state index in [9.17, 15) is 0 Å². The van der Waals surface area contributed by atoms with Crippen molar-refractivity contribution in [2.24, 2.45) is 0 Å². The van der Waals surface area contributed by atoms with Crippen LogP contribution in [0.1, 0.15) is 36.5 Å². The minimum atomic E-state index is 0.642. The van der Waals surface area contributed by atoms with Crippen LogP contribution in [0.25, 0.3) is 11.3 Å². The Morgan fingerprint density at radius 2 is 2.11 bits per heavy atom. The van der Waals surface area contributed by atoms with E-state index >= 15 is 0 Å². The molecule has 1 nitrogen and oxygen atoms in total. The highest BCUT2D eigenvalue weighted by molar-refractivity contribution is 5.78. The number of benzene rings is 1. The summed E-state index contributed by atoms with van der Waals surface area (Å²) in [6.07, 6.45) is 6.54. The summed E-state index contributed by atoms with van der Waals surface area (Å²) in [5.74, 6) is 0. The predicted octanol–water partition coefficient (Wildman–Crippen LogP) is 4.31. The largest absolute Gasteiger partial charge is 0.382 e. The number of aryl methyl sites for hydroxylation is 1. The SMILES string of the molecule is C=C/C(=C\C)c1cc(C(=C)NC2CC2)ccc1C. The van der Waals surface area contributed by atoms with Gasteiger partial charge in [0.15, 0.2) is 0 Å². The van der Waals surface area contributed by atoms with Gasteiger partial charge < -0.3 is 5.32 Å². The zero-order chi connectivity index (χ0) is 13.1. The van der Waals surface area contributed by atoms with Gasteiger partial charge in [-0.1, -0.05) is 37.4 Å². The van der Waals surface area contributed by atoms with Crippen LogP contribution in [0.4, 0.5) is 0 Å². The molecule has 0 amide bonds. The van der Waals surface area contributed by atoms with E-state index in [1.54, 1.807) is 0 Å². The van der Waals surface area contributed by atoms with Crippen molar-refractivity contribution in [2.45, 2.75) is 32.7 Å². The summed E-state index contributed by atoms with van der Waals surface area (Å²) < 4.78 is 0. The first-order valence-corrected chi connectivity index (χ1v) is 6.51. The molecule has 1 N–H and O–H groups in total. The van der Waals surface area contributed by atoms with E-state index in [0.29, 0.717) is 6.04 Å². The van der Waals surface area contributed by atoms with Crippen molar-refractivity contribution in [3.8, 4) is 0 Å². The summed E-state index contributed by atoms with van der Waals surface area (Å²) in [4.78, 5) is 0. The maximum Gasteiger partial charge on any atom is 0.0343 e. The van der Waals surface area contributed by atoms with Crippen LogP contribution >= 0.6 is 0 Å². The average Bonchev–Trinajstić information content (AvgIpc) is 3.16. The van der Waals surface area contributed by atoms with E-state index in [-0.39, 0.29) is 0 Å². The molecule has 1 aliphatic carbocycles. The lowest BCUT2D eigenvalue weighted by Gasteiger charge is -2.13. The molecule has 1 fully saturated rings. The summed E-state index contributed by atoms with van der Waals surface area (Å²) in [7, 11) is 0. The van der Waals surface area contributed by atoms with Gasteiger partial charge in [0.1, 0.15) is 0 Å². The molecule has 0 atom stereocenters. The van der Waals surface area contributed by atoms with Gasteiger partial charge in [0.2, 0.25) is 0 Å². The van der Waals surface area contributed by atoms with Crippen molar-refractivity contribution in [2.75, 3.05) is 0 Å². The summed E-state index contributed by atoms with van der Waals surface area (Å²) in [5.41, 5.74) is 5.88. The molecule has 0 aliphatic heterocycles. The number of rotatable bonds is 5. The minimum Gasteiger partial charge on any atom is -0.382 e. The summed E-state index contributed by atoms with van der Waals surface area (Å²) in [5, 5.41) is 3.45. The highest BCUT2D eigenvalue weighted by Crippen LogP contribution is 2.26. The molecular formula is C17H21N. The number of hydrogen-bond acceptors (Lipinski definition) is 1. The second-order valence-electron chi connectivity index (χ2n) is 4.88. The molecule has 94 valence electrons. The van der Waals surface area contributed by atoms with E-state index in [1.807, 2.05) is 13.0 Å². The number of nitrogens with one attached hydrogen (secondary N) is 1. The Morgan fingerprint density at radius 1 is 1.39 bits per heavy atom. The van der Waals surface area contributed by atoms with Crippen LogP contribution in [0.5, 0.6) is 0 Å². The molecule has 1 aromatic rings. The highest BCUT2D eigenvalue weighted by atomic mass is 15.0. The monoisotopic (exact) mass is 239 g/mol. The Kier molecular flexibility index (Phi) is 3.71. The molecule has 1 heteroatoms. The number of allylic oxidation sites excluding steroid dienone is 3. The van der Waals surface area contributed by atoms with E-state index in [1.165, 1.54) is 35.1 Å². The topological polar surface area (TPSA) is 12.0 Å². The van der Waals surface area contributed by atoms with Gasteiger partial charge in [-0.3, -0.25) is 0 Å². The molecule has 0 spiro atoms. The molecule has 1 aromatic carbocycles. The second kappa shape index (κ2) is 5.26. The first-order valence-electron chi connectivity index (χ1n) is 6.51. The molecule has 18 heavy (non-hydrogen) atoms. The van der Waals surface area contributed by atoms with Crippen LogP contribution in [-0.2, 0) is 0 Å². The van der Waals surface area contributed by atoms with Crippen molar-refractivity contribution in [3.05, 3.63) is 60.2 Å². The second-order valence-corrected chi connectivity index (χ2v) is 4.88. The van der Waals surface area contributed by atoms with Crippen LogP contribution in [0.2, 0.25) is 0 Å². The van der Waals surface area contributed by atoms with Crippen LogP contribution in [0.15, 0.2) is 43.5 Å². The van der Waals surface area contributed by atoms with E-state index in [2.05, 4.69) is 49.7 Å². The smallest absolute Gasteiger partial charge is 0.0343 e. The molecule has 0 radical (unpaired) electrons. The first-order chi connectivity index (χ1) is 8.65. The van der Waals surface area contributed by atoms with E-state index < -0.39 is 0 Å². The van der Waals surface area contributed by atoms with E-state index in [0.717, 1.165) is 5.70 Å². The minimum absolute atomic E-state index is 0.642. The van der Waals surface area contributed by atoms with Gasteiger partial charge in [0.25, 0.3) is 0 Å². The quantitative estimate of drug-likeness (QED) is 0.755. The van der Waals surface area contributed by atoms with Crippen LogP contribution < -0.4 is 5.32 Å². The standard InChI is InChI=1S/C17H21N/c1-5-14(6-2)17-11-15(8-7-12(17)3)13(4)18-16-9-10-16/h5-8,11,16,18H,1,4,9-10H2,2-3H3/b14-6+. The van der Waals surface area contributed by atoms with Gasteiger partial charge in [-0.05, 0) is 55.0 Å². The predicted molar refractivity (Wildman–Crippen MR) is 80.2 cm³/mol.